The van der Waals surface area contributed by atoms with Crippen LogP contribution in [0.15, 0.2) is 53.5 Å². The second-order valence-corrected chi connectivity index (χ2v) is 13.0. The molecule has 0 aromatic heterocycles. The number of amides is 3. The highest BCUT2D eigenvalue weighted by Crippen LogP contribution is 2.26. The maximum atomic E-state index is 13.4. The number of nitrogens with zero attached hydrogens (tertiary/aromatic N) is 6. The Labute approximate surface area is 293 Å². The van der Waals surface area contributed by atoms with E-state index in [2.05, 4.69) is 17.6 Å². The zero-order valence-electron chi connectivity index (χ0n) is 26.5. The molecule has 18 nitrogen and oxygen atoms in total. The molecule has 0 bridgehead atoms. The number of piperazine rings is 1. The number of hydrogen-bond acceptors (Lipinski definition) is 12. The highest BCUT2D eigenvalue weighted by Gasteiger charge is 2.44. The molecule has 51 heavy (non-hydrogen) atoms. The SMILES string of the molecule is CC(=NC(=O)OCc1ccc([N+](=O)[O-])cc1)N1CCN(C(=O)[C@@H]2C[C@H](S)CN2C(=O)OCc2ccc([N+](=O)[O-])cc2)CC1.O=S(=O)(O)C(F)(F)F. The first-order valence-electron chi connectivity index (χ1n) is 14.6. The van der Waals surface area contributed by atoms with Crippen LogP contribution in [0.25, 0.3) is 0 Å². The number of likely N-dealkylation sites (tertiary alicyclic amines) is 1. The van der Waals surface area contributed by atoms with Gasteiger partial charge in [0.1, 0.15) is 25.1 Å². The minimum Gasteiger partial charge on any atom is -0.445 e. The third kappa shape index (κ3) is 11.8. The van der Waals surface area contributed by atoms with Crippen molar-refractivity contribution in [2.45, 2.75) is 43.4 Å². The van der Waals surface area contributed by atoms with Crippen molar-refractivity contribution in [1.29, 1.82) is 0 Å². The van der Waals surface area contributed by atoms with E-state index in [0.717, 1.165) is 0 Å². The fourth-order valence-corrected chi connectivity index (χ4v) is 5.12. The van der Waals surface area contributed by atoms with E-state index in [-0.39, 0.29) is 42.3 Å². The standard InChI is InChI=1S/C27H30N6O9S.CHF3O3S/c1-18(28-26(35)41-16-19-2-6-21(7-3-19)32(37)38)29-10-12-30(13-11-29)25(34)24-14-23(43)15-31(24)27(36)42-17-20-4-8-22(9-5-20)33(39)40;2-1(3,4)8(5,6)7/h2-9,23-24,43H,10-17H2,1H3;(H,5,6,7)/t23-,24-;/m0./s1. The van der Waals surface area contributed by atoms with Gasteiger partial charge in [-0.15, -0.1) is 0 Å². The predicted molar refractivity (Wildman–Crippen MR) is 173 cm³/mol. The number of ether oxygens (including phenoxy) is 2. The van der Waals surface area contributed by atoms with Crippen LogP contribution in [0.5, 0.6) is 0 Å². The summed E-state index contributed by atoms with van der Waals surface area (Å²) in [6, 6.07) is 10.6. The second-order valence-electron chi connectivity index (χ2n) is 10.9. The van der Waals surface area contributed by atoms with E-state index < -0.39 is 43.7 Å². The number of benzene rings is 2. The quantitative estimate of drug-likeness (QED) is 0.0778. The topological polar surface area (TPSA) is 232 Å². The van der Waals surface area contributed by atoms with Crippen molar-refractivity contribution in [3.05, 3.63) is 79.9 Å². The molecule has 2 fully saturated rings. The van der Waals surface area contributed by atoms with Crippen LogP contribution < -0.4 is 0 Å². The lowest BCUT2D eigenvalue weighted by Gasteiger charge is -2.37. The Kier molecular flexibility index (Phi) is 13.7. The number of nitro groups is 2. The summed E-state index contributed by atoms with van der Waals surface area (Å²) in [6.45, 7) is 3.25. The normalized spacial score (nSPS) is 18.0. The van der Waals surface area contributed by atoms with Crippen LogP contribution in [0.1, 0.15) is 24.5 Å². The highest BCUT2D eigenvalue weighted by atomic mass is 32.2. The molecular weight excluding hydrogens is 733 g/mol. The average Bonchev–Trinajstić information content (AvgIpc) is 3.47. The van der Waals surface area contributed by atoms with E-state index in [9.17, 15) is 47.8 Å². The Hall–Kier alpha value is -5.03. The lowest BCUT2D eigenvalue weighted by atomic mass is 10.1. The molecule has 0 unspecified atom stereocenters. The molecule has 2 atom stereocenters. The molecular formula is C28H31F3N6O12S2. The van der Waals surface area contributed by atoms with Gasteiger partial charge in [0, 0.05) is 62.2 Å². The van der Waals surface area contributed by atoms with Crippen molar-refractivity contribution in [2.24, 2.45) is 4.99 Å². The molecule has 2 aromatic carbocycles. The Bertz CT molecular complexity index is 1740. The predicted octanol–water partition coefficient (Wildman–Crippen LogP) is 3.81. The van der Waals surface area contributed by atoms with Crippen LogP contribution in [-0.2, 0) is 37.6 Å². The van der Waals surface area contributed by atoms with E-state index >= 15 is 0 Å². The van der Waals surface area contributed by atoms with Crippen LogP contribution in [0, 0.1) is 20.2 Å². The Balaban J connectivity index is 0.000000783. The molecule has 2 aliphatic heterocycles. The minimum atomic E-state index is -5.84. The number of non-ortho nitro benzene ring substituents is 2. The molecule has 2 aromatic rings. The Morgan fingerprint density at radius 2 is 1.33 bits per heavy atom. The first kappa shape index (κ1) is 40.4. The summed E-state index contributed by atoms with van der Waals surface area (Å²) in [5.74, 6) is 0.203. The summed E-state index contributed by atoms with van der Waals surface area (Å²) in [6.07, 6.45) is -1.10. The van der Waals surface area contributed by atoms with Gasteiger partial charge in [-0.3, -0.25) is 34.5 Å². The van der Waals surface area contributed by atoms with Gasteiger partial charge in [0.15, 0.2) is 0 Å². The zero-order chi connectivity index (χ0) is 38.1. The van der Waals surface area contributed by atoms with Gasteiger partial charge >= 0.3 is 27.8 Å². The zero-order valence-corrected chi connectivity index (χ0v) is 28.3. The molecule has 0 saturated carbocycles. The molecule has 4 rings (SSSR count). The van der Waals surface area contributed by atoms with Crippen LogP contribution in [-0.4, -0.2) is 111 Å². The fraction of sp³-hybridized carbons (Fsp3) is 0.429. The molecule has 2 saturated heterocycles. The number of alkyl halides is 3. The number of carbonyl (C=O) groups excluding carboxylic acids is 3. The fourth-order valence-electron chi connectivity index (χ4n) is 4.75. The molecule has 2 aliphatic rings. The monoisotopic (exact) mass is 764 g/mol. The Morgan fingerprint density at radius 3 is 1.76 bits per heavy atom. The van der Waals surface area contributed by atoms with Gasteiger partial charge in [-0.05, 0) is 48.7 Å². The van der Waals surface area contributed by atoms with E-state index in [1.807, 2.05) is 4.90 Å². The maximum Gasteiger partial charge on any atom is 0.522 e. The summed E-state index contributed by atoms with van der Waals surface area (Å²) in [5.41, 5.74) is -4.51. The van der Waals surface area contributed by atoms with Crippen molar-refractivity contribution in [3.8, 4) is 0 Å². The number of halogens is 3. The van der Waals surface area contributed by atoms with Gasteiger partial charge in [0.05, 0.1) is 9.85 Å². The first-order valence-corrected chi connectivity index (χ1v) is 16.6. The van der Waals surface area contributed by atoms with Gasteiger partial charge in [0.2, 0.25) is 5.91 Å². The van der Waals surface area contributed by atoms with Crippen molar-refractivity contribution < 1.29 is 59.8 Å². The molecule has 23 heteroatoms. The third-order valence-electron chi connectivity index (χ3n) is 7.41. The van der Waals surface area contributed by atoms with Gasteiger partial charge < -0.3 is 19.3 Å². The van der Waals surface area contributed by atoms with Crippen molar-refractivity contribution in [3.63, 3.8) is 0 Å². The van der Waals surface area contributed by atoms with E-state index in [1.165, 1.54) is 53.4 Å². The largest absolute Gasteiger partial charge is 0.522 e. The molecule has 2 heterocycles. The summed E-state index contributed by atoms with van der Waals surface area (Å²) >= 11 is 4.48. The second kappa shape index (κ2) is 17.3. The lowest BCUT2D eigenvalue weighted by Crippen LogP contribution is -2.55. The van der Waals surface area contributed by atoms with Crippen molar-refractivity contribution in [2.75, 3.05) is 32.7 Å². The summed E-state index contributed by atoms with van der Waals surface area (Å²) in [5, 5.41) is 21.4. The van der Waals surface area contributed by atoms with Crippen LogP contribution in [0.3, 0.4) is 0 Å². The summed E-state index contributed by atoms with van der Waals surface area (Å²) in [4.78, 5) is 67.9. The van der Waals surface area contributed by atoms with Crippen LogP contribution >= 0.6 is 12.6 Å². The molecule has 0 aliphatic carbocycles. The first-order chi connectivity index (χ1) is 23.8. The summed E-state index contributed by atoms with van der Waals surface area (Å²) in [7, 11) is -5.84. The van der Waals surface area contributed by atoms with Crippen molar-refractivity contribution in [1.82, 2.24) is 14.7 Å². The van der Waals surface area contributed by atoms with Gasteiger partial charge in [-0.2, -0.15) is 39.2 Å². The number of aliphatic imine (C=N–C) groups is 1. The van der Waals surface area contributed by atoms with Crippen LogP contribution in [0.4, 0.5) is 34.1 Å². The highest BCUT2D eigenvalue weighted by molar-refractivity contribution is 7.86. The lowest BCUT2D eigenvalue weighted by molar-refractivity contribution is -0.385. The number of carbonyl (C=O) groups is 3. The smallest absolute Gasteiger partial charge is 0.445 e. The number of nitro benzene ring substituents is 2. The van der Waals surface area contributed by atoms with E-state index in [1.54, 1.807) is 11.8 Å². The number of thiol groups is 1. The van der Waals surface area contributed by atoms with E-state index in [4.69, 9.17) is 22.4 Å². The van der Waals surface area contributed by atoms with E-state index in [0.29, 0.717) is 49.6 Å². The Morgan fingerprint density at radius 1 is 0.902 bits per heavy atom. The van der Waals surface area contributed by atoms with Gasteiger partial charge in [-0.1, -0.05) is 0 Å². The molecule has 1 N–H and O–H groups in total. The summed E-state index contributed by atoms with van der Waals surface area (Å²) < 4.78 is 68.1. The number of hydrogen-bond donors (Lipinski definition) is 2. The number of amidine groups is 1. The molecule has 0 radical (unpaired) electrons. The maximum absolute atomic E-state index is 13.4. The molecule has 278 valence electrons. The van der Waals surface area contributed by atoms with Crippen molar-refractivity contribution >= 4 is 58.1 Å². The minimum absolute atomic E-state index is 0.0627. The van der Waals surface area contributed by atoms with Crippen LogP contribution in [0.2, 0.25) is 0 Å². The third-order valence-corrected chi connectivity index (χ3v) is 8.37. The molecule has 3 amide bonds. The number of rotatable bonds is 7. The average molecular weight is 765 g/mol. The molecule has 0 spiro atoms. The van der Waals surface area contributed by atoms with Gasteiger partial charge in [0.25, 0.3) is 11.4 Å². The van der Waals surface area contributed by atoms with Gasteiger partial charge in [-0.25, -0.2) is 9.59 Å².